The summed E-state index contributed by atoms with van der Waals surface area (Å²) in [6, 6.07) is 4.70. The first-order valence-corrected chi connectivity index (χ1v) is 8.05. The van der Waals surface area contributed by atoms with Crippen molar-refractivity contribution in [3.8, 4) is 0 Å². The molecule has 1 rings (SSSR count). The highest BCUT2D eigenvalue weighted by atomic mass is 32.2. The quantitative estimate of drug-likeness (QED) is 0.266. The number of nitro groups is 1. The summed E-state index contributed by atoms with van der Waals surface area (Å²) in [6.45, 7) is 0.810. The van der Waals surface area contributed by atoms with Gasteiger partial charge in [-0.25, -0.2) is 0 Å². The van der Waals surface area contributed by atoms with Crippen molar-refractivity contribution in [2.75, 3.05) is 29.3 Å². The number of non-ortho nitro benzene ring substituents is 1. The smallest absolute Gasteiger partial charge is 0.273 e. The molecule has 0 aliphatic rings. The van der Waals surface area contributed by atoms with Gasteiger partial charge >= 0.3 is 0 Å². The van der Waals surface area contributed by atoms with E-state index in [9.17, 15) is 10.1 Å². The predicted molar refractivity (Wildman–Crippen MR) is 86.2 cm³/mol. The van der Waals surface area contributed by atoms with Gasteiger partial charge in [0.2, 0.25) is 0 Å². The van der Waals surface area contributed by atoms with Crippen molar-refractivity contribution >= 4 is 28.8 Å². The van der Waals surface area contributed by atoms with Crippen LogP contribution in [0.25, 0.3) is 0 Å². The topological polar surface area (TPSA) is 93.2 Å². The Kier molecular flexibility index (Phi) is 7.82. The number of benzene rings is 1. The van der Waals surface area contributed by atoms with Crippen molar-refractivity contribution < 1.29 is 4.92 Å². The van der Waals surface area contributed by atoms with Gasteiger partial charge in [-0.1, -0.05) is 12.8 Å². The first-order valence-electron chi connectivity index (χ1n) is 6.66. The predicted octanol–water partition coefficient (Wildman–Crippen LogP) is 3.22. The first kappa shape index (κ1) is 16.6. The van der Waals surface area contributed by atoms with Crippen LogP contribution in [0.15, 0.2) is 18.2 Å². The number of unbranched alkanes of at least 4 members (excludes halogenated alkanes) is 3. The van der Waals surface area contributed by atoms with Crippen LogP contribution in [-0.4, -0.2) is 23.5 Å². The Balaban J connectivity index is 2.39. The molecule has 0 unspecified atom stereocenters. The third-order valence-electron chi connectivity index (χ3n) is 2.90. The molecule has 0 bridgehead atoms. The maximum atomic E-state index is 10.8. The third kappa shape index (κ3) is 6.12. The molecule has 0 aliphatic carbocycles. The van der Waals surface area contributed by atoms with E-state index in [2.05, 4.69) is 17.0 Å². The van der Waals surface area contributed by atoms with E-state index in [-0.39, 0.29) is 5.69 Å². The number of nitro benzene ring substituents is 1. The van der Waals surface area contributed by atoms with E-state index in [0.29, 0.717) is 5.69 Å². The lowest BCUT2D eigenvalue weighted by molar-refractivity contribution is -0.384. The lowest BCUT2D eigenvalue weighted by Gasteiger charge is -2.08. The number of hydrazine groups is 1. The third-order valence-corrected chi connectivity index (χ3v) is 3.60. The molecule has 0 amide bonds. The van der Waals surface area contributed by atoms with E-state index in [0.717, 1.165) is 18.7 Å². The van der Waals surface area contributed by atoms with Crippen molar-refractivity contribution in [2.45, 2.75) is 25.7 Å². The molecular weight excluding hydrogens is 276 g/mol. The fourth-order valence-electron chi connectivity index (χ4n) is 1.86. The maximum Gasteiger partial charge on any atom is 0.273 e. The Morgan fingerprint density at radius 2 is 1.90 bits per heavy atom. The van der Waals surface area contributed by atoms with Crippen molar-refractivity contribution in [1.82, 2.24) is 0 Å². The van der Waals surface area contributed by atoms with E-state index in [1.165, 1.54) is 37.1 Å². The van der Waals surface area contributed by atoms with Crippen molar-refractivity contribution in [2.24, 2.45) is 5.84 Å². The number of nitrogen functional groups attached to an aromatic ring is 1. The summed E-state index contributed by atoms with van der Waals surface area (Å²) in [5.41, 5.74) is 3.72. The van der Waals surface area contributed by atoms with Crippen LogP contribution in [0, 0.1) is 10.1 Å². The van der Waals surface area contributed by atoms with E-state index in [1.54, 1.807) is 6.07 Å². The zero-order chi connectivity index (χ0) is 14.8. The fraction of sp³-hybridized carbons (Fsp3) is 0.538. The summed E-state index contributed by atoms with van der Waals surface area (Å²) in [5, 5.41) is 14.0. The Morgan fingerprint density at radius 1 is 1.20 bits per heavy atom. The van der Waals surface area contributed by atoms with Crippen LogP contribution in [0.3, 0.4) is 0 Å². The van der Waals surface area contributed by atoms with Crippen LogP contribution >= 0.6 is 11.8 Å². The molecule has 20 heavy (non-hydrogen) atoms. The second-order valence-electron chi connectivity index (χ2n) is 4.50. The molecule has 0 fully saturated rings. The molecule has 4 N–H and O–H groups in total. The molecular formula is C13H22N4O2S. The van der Waals surface area contributed by atoms with Gasteiger partial charge in [0.15, 0.2) is 0 Å². The molecule has 0 saturated carbocycles. The number of hydrogen-bond donors (Lipinski definition) is 3. The highest BCUT2D eigenvalue weighted by Gasteiger charge is 2.08. The minimum atomic E-state index is -0.422. The summed E-state index contributed by atoms with van der Waals surface area (Å²) in [6.07, 6.45) is 6.83. The van der Waals surface area contributed by atoms with Crippen molar-refractivity contribution in [3.63, 3.8) is 0 Å². The molecule has 1 aromatic rings. The van der Waals surface area contributed by atoms with Crippen molar-refractivity contribution in [1.29, 1.82) is 0 Å². The van der Waals surface area contributed by atoms with Gasteiger partial charge in [-0.15, -0.1) is 0 Å². The first-order chi connectivity index (χ1) is 9.67. The number of nitrogens with two attached hydrogens (primary N) is 1. The average Bonchev–Trinajstić information content (AvgIpc) is 2.46. The zero-order valence-electron chi connectivity index (χ0n) is 11.7. The SMILES string of the molecule is CSCCCCCCNc1cc(NN)cc([N+](=O)[O-])c1. The maximum absolute atomic E-state index is 10.8. The molecule has 0 aliphatic heterocycles. The molecule has 6 nitrogen and oxygen atoms in total. The summed E-state index contributed by atoms with van der Waals surface area (Å²) in [4.78, 5) is 10.4. The minimum Gasteiger partial charge on any atom is -0.385 e. The average molecular weight is 298 g/mol. The molecule has 0 spiro atoms. The Morgan fingerprint density at radius 3 is 2.55 bits per heavy atom. The highest BCUT2D eigenvalue weighted by Crippen LogP contribution is 2.23. The molecule has 1 aromatic carbocycles. The normalized spacial score (nSPS) is 10.3. The van der Waals surface area contributed by atoms with E-state index >= 15 is 0 Å². The zero-order valence-corrected chi connectivity index (χ0v) is 12.5. The number of hydrogen-bond acceptors (Lipinski definition) is 6. The molecule has 7 heteroatoms. The van der Waals surface area contributed by atoms with Crippen LogP contribution < -0.4 is 16.6 Å². The number of nitrogens with zero attached hydrogens (tertiary/aromatic N) is 1. The lowest BCUT2D eigenvalue weighted by atomic mass is 10.2. The number of rotatable bonds is 10. The Bertz CT molecular complexity index is 429. The van der Waals surface area contributed by atoms with E-state index < -0.39 is 4.92 Å². The van der Waals surface area contributed by atoms with Crippen LogP contribution in [0.4, 0.5) is 17.1 Å². The van der Waals surface area contributed by atoms with Gasteiger partial charge in [-0.2, -0.15) is 11.8 Å². The largest absolute Gasteiger partial charge is 0.385 e. The number of thioether (sulfide) groups is 1. The van der Waals surface area contributed by atoms with Gasteiger partial charge in [-0.05, 0) is 30.9 Å². The summed E-state index contributed by atoms with van der Waals surface area (Å²) in [7, 11) is 0. The van der Waals surface area contributed by atoms with Gasteiger partial charge in [0.25, 0.3) is 5.69 Å². The second-order valence-corrected chi connectivity index (χ2v) is 5.49. The highest BCUT2D eigenvalue weighted by molar-refractivity contribution is 7.98. The summed E-state index contributed by atoms with van der Waals surface area (Å²) in [5.74, 6) is 6.52. The van der Waals surface area contributed by atoms with Crippen LogP contribution in [0.2, 0.25) is 0 Å². The van der Waals surface area contributed by atoms with Crippen LogP contribution in [0.5, 0.6) is 0 Å². The van der Waals surface area contributed by atoms with Gasteiger partial charge < -0.3 is 10.7 Å². The Hall–Kier alpha value is -1.47. The number of anilines is 2. The van der Waals surface area contributed by atoms with Crippen LogP contribution in [-0.2, 0) is 0 Å². The van der Waals surface area contributed by atoms with Gasteiger partial charge in [0.1, 0.15) is 0 Å². The van der Waals surface area contributed by atoms with Crippen molar-refractivity contribution in [3.05, 3.63) is 28.3 Å². The van der Waals surface area contributed by atoms with E-state index in [1.807, 2.05) is 11.8 Å². The monoisotopic (exact) mass is 298 g/mol. The van der Waals surface area contributed by atoms with Gasteiger partial charge in [0.05, 0.1) is 10.6 Å². The number of nitrogens with one attached hydrogen (secondary N) is 2. The molecule has 0 saturated heterocycles. The second kappa shape index (κ2) is 9.44. The molecule has 112 valence electrons. The molecule has 0 radical (unpaired) electrons. The van der Waals surface area contributed by atoms with Crippen LogP contribution in [0.1, 0.15) is 25.7 Å². The molecule has 0 heterocycles. The summed E-state index contributed by atoms with van der Waals surface area (Å²) >= 11 is 1.87. The van der Waals surface area contributed by atoms with E-state index in [4.69, 9.17) is 5.84 Å². The minimum absolute atomic E-state index is 0.0305. The standard InChI is InChI=1S/C13H22N4O2S/c1-20-7-5-3-2-4-6-15-11-8-12(16-14)10-13(9-11)17(18)19/h8-10,15-16H,2-7,14H2,1H3. The van der Waals surface area contributed by atoms with Gasteiger partial charge in [-0.3, -0.25) is 16.0 Å². The Labute approximate surface area is 123 Å². The van der Waals surface area contributed by atoms with Gasteiger partial charge in [0, 0.05) is 24.4 Å². The molecule has 0 atom stereocenters. The molecule has 0 aromatic heterocycles. The summed E-state index contributed by atoms with van der Waals surface area (Å²) < 4.78 is 0. The lowest BCUT2D eigenvalue weighted by Crippen LogP contribution is -2.08. The fourth-order valence-corrected chi connectivity index (χ4v) is 2.35.